The first-order valence-electron chi connectivity index (χ1n) is 8.92. The highest BCUT2D eigenvalue weighted by atomic mass is 19.1. The Morgan fingerprint density at radius 1 is 0.966 bits per heavy atom. The van der Waals surface area contributed by atoms with E-state index in [0.29, 0.717) is 28.3 Å². The van der Waals surface area contributed by atoms with Crippen LogP contribution in [0.3, 0.4) is 0 Å². The van der Waals surface area contributed by atoms with E-state index < -0.39 is 0 Å². The minimum absolute atomic E-state index is 0.0432. The van der Waals surface area contributed by atoms with Crippen molar-refractivity contribution >= 4 is 17.4 Å². The van der Waals surface area contributed by atoms with Crippen LogP contribution in [0.5, 0.6) is 0 Å². The lowest BCUT2D eigenvalue weighted by atomic mass is 10.1. The summed E-state index contributed by atoms with van der Waals surface area (Å²) in [4.78, 5) is 24.4. The van der Waals surface area contributed by atoms with E-state index in [1.165, 1.54) is 25.3 Å². The van der Waals surface area contributed by atoms with Gasteiger partial charge in [0.1, 0.15) is 11.4 Å². The number of anilines is 1. The lowest BCUT2D eigenvalue weighted by molar-refractivity contribution is 0.101. The van der Waals surface area contributed by atoms with Crippen molar-refractivity contribution in [2.45, 2.75) is 6.92 Å². The van der Waals surface area contributed by atoms with Crippen molar-refractivity contribution in [3.05, 3.63) is 96.2 Å². The number of halogens is 1. The number of hydrogen-bond acceptors (Lipinski definition) is 3. The highest BCUT2D eigenvalue weighted by Gasteiger charge is 2.20. The van der Waals surface area contributed by atoms with Crippen LogP contribution in [-0.4, -0.2) is 26.0 Å². The van der Waals surface area contributed by atoms with Gasteiger partial charge in [0.25, 0.3) is 5.91 Å². The molecule has 29 heavy (non-hydrogen) atoms. The topological polar surface area (TPSA) is 68.9 Å². The van der Waals surface area contributed by atoms with Crippen molar-refractivity contribution in [3.8, 4) is 11.5 Å². The normalized spacial score (nSPS) is 10.7. The molecule has 1 N–H and O–H groups in total. The molecule has 0 aliphatic heterocycles. The monoisotopic (exact) mass is 388 g/mol. The summed E-state index contributed by atoms with van der Waals surface area (Å²) in [6, 6.07) is 16.2. The van der Waals surface area contributed by atoms with Crippen molar-refractivity contribution < 1.29 is 14.0 Å². The van der Waals surface area contributed by atoms with E-state index in [1.807, 2.05) is 12.1 Å². The molecule has 2 aromatic carbocycles. The van der Waals surface area contributed by atoms with E-state index in [2.05, 4.69) is 10.4 Å². The van der Waals surface area contributed by atoms with Crippen LogP contribution in [0.2, 0.25) is 0 Å². The molecule has 7 heteroatoms. The number of rotatable bonds is 5. The number of hydrogen-bond donors (Lipinski definition) is 1. The van der Waals surface area contributed by atoms with Gasteiger partial charge in [-0.3, -0.25) is 9.59 Å². The van der Waals surface area contributed by atoms with Gasteiger partial charge in [-0.2, -0.15) is 5.10 Å². The Kier molecular flexibility index (Phi) is 4.78. The van der Waals surface area contributed by atoms with Crippen LogP contribution >= 0.6 is 0 Å². The van der Waals surface area contributed by atoms with Gasteiger partial charge in [0.2, 0.25) is 0 Å². The van der Waals surface area contributed by atoms with Crippen molar-refractivity contribution in [2.24, 2.45) is 0 Å². The minimum atomic E-state index is -0.351. The van der Waals surface area contributed by atoms with Gasteiger partial charge in [0.15, 0.2) is 11.6 Å². The summed E-state index contributed by atoms with van der Waals surface area (Å²) in [7, 11) is 0. The fourth-order valence-corrected chi connectivity index (χ4v) is 2.98. The molecule has 0 atom stereocenters. The zero-order valence-electron chi connectivity index (χ0n) is 15.5. The molecule has 0 radical (unpaired) electrons. The Labute approximate surface area is 166 Å². The van der Waals surface area contributed by atoms with Gasteiger partial charge >= 0.3 is 0 Å². The quantitative estimate of drug-likeness (QED) is 0.520. The maximum atomic E-state index is 13.3. The highest BCUT2D eigenvalue weighted by molar-refractivity contribution is 6.06. The van der Waals surface area contributed by atoms with E-state index >= 15 is 0 Å². The molecule has 0 saturated heterocycles. The Hall–Kier alpha value is -4.00. The number of amides is 1. The van der Waals surface area contributed by atoms with Crippen molar-refractivity contribution in [3.63, 3.8) is 0 Å². The van der Waals surface area contributed by atoms with Gasteiger partial charge in [0, 0.05) is 23.6 Å². The third-order valence-corrected chi connectivity index (χ3v) is 4.46. The van der Waals surface area contributed by atoms with Crippen LogP contribution in [-0.2, 0) is 0 Å². The maximum absolute atomic E-state index is 13.3. The van der Waals surface area contributed by atoms with Gasteiger partial charge in [-0.05, 0) is 67.6 Å². The molecule has 0 saturated carbocycles. The summed E-state index contributed by atoms with van der Waals surface area (Å²) in [5, 5.41) is 7.16. The summed E-state index contributed by atoms with van der Waals surface area (Å²) in [5.41, 5.74) is 2.11. The molecule has 1 amide bonds. The molecular formula is C22H17FN4O2. The van der Waals surface area contributed by atoms with Gasteiger partial charge in [-0.25, -0.2) is 9.07 Å². The molecule has 144 valence electrons. The fraction of sp³-hybridized carbons (Fsp3) is 0.0455. The van der Waals surface area contributed by atoms with E-state index in [4.69, 9.17) is 0 Å². The van der Waals surface area contributed by atoms with Crippen LogP contribution in [0.25, 0.3) is 11.5 Å². The summed E-state index contributed by atoms with van der Waals surface area (Å²) in [6.45, 7) is 1.49. The molecule has 2 aromatic heterocycles. The minimum Gasteiger partial charge on any atom is -0.322 e. The molecule has 0 unspecified atom stereocenters. The highest BCUT2D eigenvalue weighted by Crippen LogP contribution is 2.21. The number of benzene rings is 2. The van der Waals surface area contributed by atoms with Crippen LogP contribution in [0.1, 0.15) is 27.6 Å². The van der Waals surface area contributed by atoms with Gasteiger partial charge in [-0.15, -0.1) is 0 Å². The first-order chi connectivity index (χ1) is 14.0. The average molecular weight is 388 g/mol. The molecule has 6 nitrogen and oxygen atoms in total. The summed E-state index contributed by atoms with van der Waals surface area (Å²) in [6.07, 6.45) is 5.07. The summed E-state index contributed by atoms with van der Waals surface area (Å²) >= 11 is 0. The zero-order chi connectivity index (χ0) is 20.4. The molecular weight excluding hydrogens is 371 g/mol. The third-order valence-electron chi connectivity index (χ3n) is 4.46. The van der Waals surface area contributed by atoms with Crippen LogP contribution in [0.15, 0.2) is 79.3 Å². The Bertz CT molecular complexity index is 1160. The van der Waals surface area contributed by atoms with Gasteiger partial charge < -0.3 is 9.88 Å². The van der Waals surface area contributed by atoms with E-state index in [9.17, 15) is 14.0 Å². The first kappa shape index (κ1) is 18.4. The fourth-order valence-electron chi connectivity index (χ4n) is 2.98. The standard InChI is InChI=1S/C22H17FN4O2/c1-15(28)16-4-8-18(9-5-16)25-21(29)20-14-24-27(19-10-6-17(23)7-11-19)22(20)26-12-2-3-13-26/h2-14H,1H3,(H,25,29). The maximum Gasteiger partial charge on any atom is 0.261 e. The number of carbonyl (C=O) groups is 2. The largest absolute Gasteiger partial charge is 0.322 e. The second kappa shape index (κ2) is 7.55. The number of Topliss-reactive ketones (excluding diaryl/α,β-unsaturated/α-hetero) is 1. The lowest BCUT2D eigenvalue weighted by Crippen LogP contribution is -2.15. The second-order valence-corrected chi connectivity index (χ2v) is 6.45. The number of aromatic nitrogens is 3. The number of nitrogens with zero attached hydrogens (tertiary/aromatic N) is 3. The molecule has 0 aliphatic rings. The van der Waals surface area contributed by atoms with Crippen LogP contribution in [0, 0.1) is 5.82 Å². The van der Waals surface area contributed by atoms with Crippen LogP contribution < -0.4 is 5.32 Å². The smallest absolute Gasteiger partial charge is 0.261 e. The Balaban J connectivity index is 1.70. The average Bonchev–Trinajstić information content (AvgIpc) is 3.38. The Morgan fingerprint density at radius 2 is 1.62 bits per heavy atom. The molecule has 2 heterocycles. The molecule has 0 fully saturated rings. The van der Waals surface area contributed by atoms with Gasteiger partial charge in [-0.1, -0.05) is 0 Å². The first-order valence-corrected chi connectivity index (χ1v) is 8.92. The molecule has 0 bridgehead atoms. The van der Waals surface area contributed by atoms with Crippen molar-refractivity contribution in [1.82, 2.24) is 14.3 Å². The molecule has 4 aromatic rings. The molecule has 0 spiro atoms. The number of carbonyl (C=O) groups excluding carboxylic acids is 2. The molecule has 4 rings (SSSR count). The predicted octanol–water partition coefficient (Wildman–Crippen LogP) is 4.26. The summed E-state index contributed by atoms with van der Waals surface area (Å²) in [5.74, 6) is -0.217. The SMILES string of the molecule is CC(=O)c1ccc(NC(=O)c2cnn(-c3ccc(F)cc3)c2-n2cccc2)cc1. The van der Waals surface area contributed by atoms with Crippen molar-refractivity contribution in [1.29, 1.82) is 0 Å². The lowest BCUT2D eigenvalue weighted by Gasteiger charge is -2.11. The number of nitrogens with one attached hydrogen (secondary N) is 1. The zero-order valence-corrected chi connectivity index (χ0v) is 15.5. The van der Waals surface area contributed by atoms with Crippen molar-refractivity contribution in [2.75, 3.05) is 5.32 Å². The predicted molar refractivity (Wildman–Crippen MR) is 107 cm³/mol. The van der Waals surface area contributed by atoms with E-state index in [0.717, 1.165) is 0 Å². The second-order valence-electron chi connectivity index (χ2n) is 6.45. The third kappa shape index (κ3) is 3.70. The summed E-state index contributed by atoms with van der Waals surface area (Å²) < 4.78 is 16.7. The van der Waals surface area contributed by atoms with E-state index in [1.54, 1.807) is 58.0 Å². The molecule has 0 aliphatic carbocycles. The van der Waals surface area contributed by atoms with Gasteiger partial charge in [0.05, 0.1) is 11.9 Å². The number of ketones is 1. The van der Waals surface area contributed by atoms with Crippen LogP contribution in [0.4, 0.5) is 10.1 Å². The Morgan fingerprint density at radius 3 is 2.24 bits per heavy atom. The van der Waals surface area contributed by atoms with E-state index in [-0.39, 0.29) is 17.5 Å².